The van der Waals surface area contributed by atoms with Gasteiger partial charge in [-0.05, 0) is 11.6 Å². The maximum absolute atomic E-state index is 8.96. The predicted octanol–water partition coefficient (Wildman–Crippen LogP) is 1.23. The number of methoxy groups -OCH3 is 1. The van der Waals surface area contributed by atoms with Crippen molar-refractivity contribution in [2.24, 2.45) is 0 Å². The second-order valence-corrected chi connectivity index (χ2v) is 3.76. The third-order valence-corrected chi connectivity index (χ3v) is 2.38. The number of aliphatic hydroxyl groups excluding tert-OH is 1. The highest BCUT2D eigenvalue weighted by atomic mass is 35.5. The van der Waals surface area contributed by atoms with Gasteiger partial charge in [-0.15, -0.1) is 0 Å². The minimum atomic E-state index is 0.00165. The van der Waals surface area contributed by atoms with Crippen molar-refractivity contribution in [3.8, 4) is 0 Å². The first kappa shape index (κ1) is 13.4. The van der Waals surface area contributed by atoms with E-state index in [9.17, 15) is 0 Å². The van der Waals surface area contributed by atoms with E-state index in [1.807, 2.05) is 0 Å². The molecule has 0 bridgehead atoms. The highest BCUT2D eigenvalue weighted by Gasteiger charge is 2.12. The molecule has 1 rings (SSSR count). The van der Waals surface area contributed by atoms with Gasteiger partial charge in [-0.1, -0.05) is 11.6 Å². The van der Waals surface area contributed by atoms with E-state index in [1.54, 1.807) is 12.0 Å². The number of ether oxygens (including phenoxy) is 1. The molecule has 0 fully saturated rings. The summed E-state index contributed by atoms with van der Waals surface area (Å²) in [6.45, 7) is 1.50. The van der Waals surface area contributed by atoms with Gasteiger partial charge < -0.3 is 14.7 Å². The zero-order valence-electron chi connectivity index (χ0n) is 8.86. The van der Waals surface area contributed by atoms with E-state index >= 15 is 0 Å². The molecule has 7 heteroatoms. The van der Waals surface area contributed by atoms with Crippen molar-refractivity contribution in [1.82, 2.24) is 9.97 Å². The lowest BCUT2D eigenvalue weighted by Crippen LogP contribution is -2.31. The van der Waals surface area contributed by atoms with E-state index in [0.29, 0.717) is 30.5 Å². The number of aromatic nitrogens is 2. The molecule has 0 saturated carbocycles. The summed E-state index contributed by atoms with van der Waals surface area (Å²) in [6, 6.07) is 0. The summed E-state index contributed by atoms with van der Waals surface area (Å²) in [6.07, 6.45) is 1.43. The van der Waals surface area contributed by atoms with Crippen LogP contribution >= 0.6 is 23.2 Å². The lowest BCUT2D eigenvalue weighted by molar-refractivity contribution is 0.202. The van der Waals surface area contributed by atoms with Crippen molar-refractivity contribution in [2.45, 2.75) is 0 Å². The predicted molar refractivity (Wildman–Crippen MR) is 63.2 cm³/mol. The Bertz CT molecular complexity index is 339. The molecule has 0 aliphatic heterocycles. The SMILES string of the molecule is COCCN(CCO)c1nc(Cl)ncc1Cl. The summed E-state index contributed by atoms with van der Waals surface area (Å²) in [4.78, 5) is 9.58. The Morgan fingerprint density at radius 2 is 2.19 bits per heavy atom. The molecule has 0 aromatic carbocycles. The van der Waals surface area contributed by atoms with Crippen LogP contribution in [-0.2, 0) is 4.74 Å². The standard InChI is InChI=1S/C9H13Cl2N3O2/c1-16-5-3-14(2-4-15)8-7(10)6-12-9(11)13-8/h6,15H,2-5H2,1H3. The fourth-order valence-electron chi connectivity index (χ4n) is 1.20. The quantitative estimate of drug-likeness (QED) is 0.785. The van der Waals surface area contributed by atoms with Crippen LogP contribution in [0.3, 0.4) is 0 Å². The fourth-order valence-corrected chi connectivity index (χ4v) is 1.54. The van der Waals surface area contributed by atoms with Crippen LogP contribution in [0.2, 0.25) is 10.3 Å². The van der Waals surface area contributed by atoms with Gasteiger partial charge in [-0.2, -0.15) is 4.98 Å². The van der Waals surface area contributed by atoms with Crippen molar-refractivity contribution in [3.05, 3.63) is 16.5 Å². The van der Waals surface area contributed by atoms with Gasteiger partial charge in [0.05, 0.1) is 19.4 Å². The molecule has 0 unspecified atom stereocenters. The highest BCUT2D eigenvalue weighted by molar-refractivity contribution is 6.33. The summed E-state index contributed by atoms with van der Waals surface area (Å²) >= 11 is 11.7. The molecule has 0 radical (unpaired) electrons. The van der Waals surface area contributed by atoms with Gasteiger partial charge in [0.1, 0.15) is 5.02 Å². The summed E-state index contributed by atoms with van der Waals surface area (Å²) in [5, 5.41) is 9.48. The largest absolute Gasteiger partial charge is 0.395 e. The molecule has 0 amide bonds. The van der Waals surface area contributed by atoms with E-state index in [-0.39, 0.29) is 11.9 Å². The number of hydrogen-bond donors (Lipinski definition) is 1. The topological polar surface area (TPSA) is 58.5 Å². The summed E-state index contributed by atoms with van der Waals surface area (Å²) in [7, 11) is 1.60. The third-order valence-electron chi connectivity index (χ3n) is 1.93. The van der Waals surface area contributed by atoms with E-state index in [2.05, 4.69) is 9.97 Å². The van der Waals surface area contributed by atoms with Crippen LogP contribution in [0, 0.1) is 0 Å². The Kier molecular flexibility index (Phi) is 5.76. The van der Waals surface area contributed by atoms with Crippen LogP contribution in [0.4, 0.5) is 5.82 Å². The Labute approximate surface area is 104 Å². The molecule has 0 saturated heterocycles. The molecule has 0 atom stereocenters. The van der Waals surface area contributed by atoms with Crippen molar-refractivity contribution >= 4 is 29.0 Å². The lowest BCUT2D eigenvalue weighted by atomic mass is 10.4. The van der Waals surface area contributed by atoms with E-state index in [1.165, 1.54) is 6.20 Å². The summed E-state index contributed by atoms with van der Waals surface area (Å²) < 4.78 is 4.97. The van der Waals surface area contributed by atoms with Gasteiger partial charge in [0.15, 0.2) is 5.82 Å². The second kappa shape index (κ2) is 6.85. The van der Waals surface area contributed by atoms with Crippen molar-refractivity contribution in [2.75, 3.05) is 38.3 Å². The van der Waals surface area contributed by atoms with Crippen molar-refractivity contribution in [1.29, 1.82) is 0 Å². The minimum Gasteiger partial charge on any atom is -0.395 e. The molecule has 1 aromatic heterocycles. The lowest BCUT2D eigenvalue weighted by Gasteiger charge is -2.23. The van der Waals surface area contributed by atoms with Crippen LogP contribution in [0.15, 0.2) is 6.20 Å². The zero-order valence-corrected chi connectivity index (χ0v) is 10.4. The summed E-state index contributed by atoms with van der Waals surface area (Å²) in [5.74, 6) is 0.507. The monoisotopic (exact) mass is 265 g/mol. The van der Waals surface area contributed by atoms with Crippen LogP contribution in [0.1, 0.15) is 0 Å². The van der Waals surface area contributed by atoms with Gasteiger partial charge in [-0.3, -0.25) is 0 Å². The maximum atomic E-state index is 8.96. The Morgan fingerprint density at radius 3 is 2.81 bits per heavy atom. The van der Waals surface area contributed by atoms with Gasteiger partial charge in [0.2, 0.25) is 5.28 Å². The number of anilines is 1. The van der Waals surface area contributed by atoms with Crippen LogP contribution in [-0.4, -0.2) is 48.5 Å². The van der Waals surface area contributed by atoms with Crippen LogP contribution in [0.25, 0.3) is 0 Å². The minimum absolute atomic E-state index is 0.00165. The molecule has 1 heterocycles. The van der Waals surface area contributed by atoms with Gasteiger partial charge >= 0.3 is 0 Å². The Hall–Kier alpha value is -0.620. The van der Waals surface area contributed by atoms with Crippen LogP contribution in [0.5, 0.6) is 0 Å². The molecule has 5 nitrogen and oxygen atoms in total. The second-order valence-electron chi connectivity index (χ2n) is 3.01. The van der Waals surface area contributed by atoms with Gasteiger partial charge in [0, 0.05) is 20.2 Å². The zero-order chi connectivity index (χ0) is 12.0. The number of rotatable bonds is 6. The van der Waals surface area contributed by atoms with E-state index in [4.69, 9.17) is 33.0 Å². The molecule has 0 spiro atoms. The Morgan fingerprint density at radius 1 is 1.44 bits per heavy atom. The normalized spacial score (nSPS) is 10.5. The van der Waals surface area contributed by atoms with Crippen molar-refractivity contribution in [3.63, 3.8) is 0 Å². The smallest absolute Gasteiger partial charge is 0.224 e. The van der Waals surface area contributed by atoms with Crippen LogP contribution < -0.4 is 4.90 Å². The van der Waals surface area contributed by atoms with E-state index < -0.39 is 0 Å². The molecule has 1 aromatic rings. The first-order valence-electron chi connectivity index (χ1n) is 4.71. The van der Waals surface area contributed by atoms with Gasteiger partial charge in [0.25, 0.3) is 0 Å². The molecule has 0 aliphatic rings. The fraction of sp³-hybridized carbons (Fsp3) is 0.556. The number of hydrogen-bond acceptors (Lipinski definition) is 5. The average Bonchev–Trinajstić information content (AvgIpc) is 2.28. The van der Waals surface area contributed by atoms with Gasteiger partial charge in [-0.25, -0.2) is 4.98 Å². The molecule has 1 N–H and O–H groups in total. The first-order valence-corrected chi connectivity index (χ1v) is 5.47. The van der Waals surface area contributed by atoms with E-state index in [0.717, 1.165) is 0 Å². The third kappa shape index (κ3) is 3.75. The summed E-state index contributed by atoms with van der Waals surface area (Å²) in [5.41, 5.74) is 0. The number of aliphatic hydroxyl groups is 1. The highest BCUT2D eigenvalue weighted by Crippen LogP contribution is 2.23. The first-order chi connectivity index (χ1) is 7.69. The Balaban J connectivity index is 2.85. The number of halogens is 2. The maximum Gasteiger partial charge on any atom is 0.224 e. The number of nitrogens with zero attached hydrogens (tertiary/aromatic N) is 3. The average molecular weight is 266 g/mol. The molecular formula is C9H13Cl2N3O2. The molecule has 90 valence electrons. The molecular weight excluding hydrogens is 253 g/mol. The van der Waals surface area contributed by atoms with Crippen molar-refractivity contribution < 1.29 is 9.84 Å². The molecule has 0 aliphatic carbocycles. The molecule has 16 heavy (non-hydrogen) atoms.